The number of rotatable bonds is 4. The van der Waals surface area contributed by atoms with E-state index in [2.05, 4.69) is 4.85 Å². The summed E-state index contributed by atoms with van der Waals surface area (Å²) in [5.74, 6) is 0. The van der Waals surface area contributed by atoms with Crippen molar-refractivity contribution in [3.63, 3.8) is 0 Å². The lowest BCUT2D eigenvalue weighted by atomic mass is 10.4. The first kappa shape index (κ1) is 10.8. The summed E-state index contributed by atoms with van der Waals surface area (Å²) >= 11 is 0. The fraction of sp³-hybridized carbons (Fsp3) is 0.750. The maximum absolute atomic E-state index is 11.0. The van der Waals surface area contributed by atoms with Crippen molar-refractivity contribution in [2.75, 3.05) is 26.7 Å². The van der Waals surface area contributed by atoms with Gasteiger partial charge in [-0.15, -0.1) is 0 Å². The fourth-order valence-corrected chi connectivity index (χ4v) is 0.712. The van der Waals surface area contributed by atoms with Gasteiger partial charge in [-0.05, 0) is 6.92 Å². The molecule has 0 N–H and O–H groups in total. The van der Waals surface area contributed by atoms with Gasteiger partial charge in [-0.2, -0.15) is 0 Å². The number of ether oxygens (including phenoxy) is 1. The van der Waals surface area contributed by atoms with Crippen LogP contribution in [0.15, 0.2) is 0 Å². The van der Waals surface area contributed by atoms with Crippen LogP contribution in [0.25, 0.3) is 4.85 Å². The zero-order valence-corrected chi connectivity index (χ0v) is 7.54. The quantitative estimate of drug-likeness (QED) is 0.472. The molecule has 0 aromatic rings. The molecule has 0 bridgehead atoms. The van der Waals surface area contributed by atoms with Crippen LogP contribution in [0, 0.1) is 6.57 Å². The smallest absolute Gasteiger partial charge is 0.409 e. The summed E-state index contributed by atoms with van der Waals surface area (Å²) < 4.78 is 4.74. The second-order valence-corrected chi connectivity index (χ2v) is 2.36. The minimum atomic E-state index is -0.317. The zero-order chi connectivity index (χ0) is 9.40. The molecule has 0 radical (unpaired) electrons. The van der Waals surface area contributed by atoms with Crippen LogP contribution < -0.4 is 0 Å². The normalized spacial score (nSPS) is 8.75. The van der Waals surface area contributed by atoms with Crippen molar-refractivity contribution in [3.8, 4) is 0 Å². The van der Waals surface area contributed by atoms with Gasteiger partial charge >= 0.3 is 6.09 Å². The molecule has 0 saturated heterocycles. The highest BCUT2D eigenvalue weighted by molar-refractivity contribution is 5.67. The average molecular weight is 170 g/mol. The molecular weight excluding hydrogens is 156 g/mol. The molecule has 0 atom stereocenters. The Balaban J connectivity index is 3.51. The Morgan fingerprint density at radius 3 is 2.83 bits per heavy atom. The number of nitrogens with zero attached hydrogens (tertiary/aromatic N) is 2. The molecular formula is C8H14N2O2. The van der Waals surface area contributed by atoms with Crippen molar-refractivity contribution in [2.24, 2.45) is 0 Å². The summed E-state index contributed by atoms with van der Waals surface area (Å²) in [6.45, 7) is 9.74. The van der Waals surface area contributed by atoms with Gasteiger partial charge in [0.05, 0.1) is 6.61 Å². The van der Waals surface area contributed by atoms with Gasteiger partial charge in [0.25, 0.3) is 0 Å². The molecule has 0 aromatic heterocycles. The van der Waals surface area contributed by atoms with E-state index in [1.54, 1.807) is 14.0 Å². The first-order valence-electron chi connectivity index (χ1n) is 3.93. The largest absolute Gasteiger partial charge is 0.450 e. The van der Waals surface area contributed by atoms with Crippen molar-refractivity contribution in [2.45, 2.75) is 13.3 Å². The molecule has 0 aromatic carbocycles. The molecule has 0 unspecified atom stereocenters. The van der Waals surface area contributed by atoms with Gasteiger partial charge in [-0.1, -0.05) is 0 Å². The number of carbonyl (C=O) groups is 1. The Kier molecular flexibility index (Phi) is 5.80. The van der Waals surface area contributed by atoms with Gasteiger partial charge in [0.2, 0.25) is 6.54 Å². The topological polar surface area (TPSA) is 33.9 Å². The minimum absolute atomic E-state index is 0.317. The van der Waals surface area contributed by atoms with Gasteiger partial charge in [-0.3, -0.25) is 0 Å². The SMILES string of the molecule is [C-]#[N+]CCCN(C)C(=O)OCC. The number of hydrogen-bond acceptors (Lipinski definition) is 2. The number of amides is 1. The van der Waals surface area contributed by atoms with Gasteiger partial charge in [0.15, 0.2) is 0 Å². The highest BCUT2D eigenvalue weighted by atomic mass is 16.5. The third-order valence-electron chi connectivity index (χ3n) is 1.34. The molecule has 1 amide bonds. The summed E-state index contributed by atoms with van der Waals surface area (Å²) in [7, 11) is 1.67. The van der Waals surface area contributed by atoms with E-state index >= 15 is 0 Å². The van der Waals surface area contributed by atoms with Crippen LogP contribution in [0.2, 0.25) is 0 Å². The van der Waals surface area contributed by atoms with Crippen LogP contribution in [0.1, 0.15) is 13.3 Å². The average Bonchev–Trinajstić information content (AvgIpc) is 2.05. The maximum atomic E-state index is 11.0. The Labute approximate surface area is 72.9 Å². The van der Waals surface area contributed by atoms with Crippen LogP contribution in [0.4, 0.5) is 4.79 Å². The van der Waals surface area contributed by atoms with E-state index in [4.69, 9.17) is 11.3 Å². The van der Waals surface area contributed by atoms with Gasteiger partial charge in [0, 0.05) is 20.0 Å². The van der Waals surface area contributed by atoms with Crippen molar-refractivity contribution >= 4 is 6.09 Å². The molecule has 0 spiro atoms. The third-order valence-corrected chi connectivity index (χ3v) is 1.34. The molecule has 4 heteroatoms. The van der Waals surface area contributed by atoms with Gasteiger partial charge < -0.3 is 14.5 Å². The lowest BCUT2D eigenvalue weighted by molar-refractivity contribution is 0.116. The predicted octanol–water partition coefficient (Wildman–Crippen LogP) is 1.38. The Hall–Kier alpha value is -1.24. The van der Waals surface area contributed by atoms with Gasteiger partial charge in [0.1, 0.15) is 0 Å². The maximum Gasteiger partial charge on any atom is 0.409 e. The Bertz CT molecular complexity index is 174. The highest BCUT2D eigenvalue weighted by Gasteiger charge is 2.07. The van der Waals surface area contributed by atoms with Crippen LogP contribution in [0.3, 0.4) is 0 Å². The molecule has 0 aliphatic carbocycles. The second kappa shape index (κ2) is 6.47. The van der Waals surface area contributed by atoms with Crippen molar-refractivity contribution in [1.29, 1.82) is 0 Å². The molecule has 0 rings (SSSR count). The predicted molar refractivity (Wildman–Crippen MR) is 45.7 cm³/mol. The molecule has 4 nitrogen and oxygen atoms in total. The standard InChI is InChI=1S/C8H14N2O2/c1-4-12-8(11)10(3)7-5-6-9-2/h4-7H2,1,3H3. The highest BCUT2D eigenvalue weighted by Crippen LogP contribution is 1.92. The summed E-state index contributed by atoms with van der Waals surface area (Å²) in [5.41, 5.74) is 0. The van der Waals surface area contributed by atoms with E-state index in [9.17, 15) is 4.79 Å². The van der Waals surface area contributed by atoms with E-state index in [0.717, 1.165) is 0 Å². The number of hydrogen-bond donors (Lipinski definition) is 0. The minimum Gasteiger partial charge on any atom is -0.450 e. The monoisotopic (exact) mass is 170 g/mol. The zero-order valence-electron chi connectivity index (χ0n) is 7.54. The van der Waals surface area contributed by atoms with Crippen LogP contribution in [-0.4, -0.2) is 37.7 Å². The van der Waals surface area contributed by atoms with Crippen LogP contribution >= 0.6 is 0 Å². The molecule has 12 heavy (non-hydrogen) atoms. The summed E-state index contributed by atoms with van der Waals surface area (Å²) in [6.07, 6.45) is 0.390. The van der Waals surface area contributed by atoms with Gasteiger partial charge in [-0.25, -0.2) is 11.4 Å². The molecule has 0 saturated carbocycles. The first-order valence-corrected chi connectivity index (χ1v) is 3.93. The van der Waals surface area contributed by atoms with E-state index in [0.29, 0.717) is 26.1 Å². The van der Waals surface area contributed by atoms with Crippen LogP contribution in [0.5, 0.6) is 0 Å². The second-order valence-electron chi connectivity index (χ2n) is 2.36. The summed E-state index contributed by atoms with van der Waals surface area (Å²) in [6, 6.07) is 0. The summed E-state index contributed by atoms with van der Waals surface area (Å²) in [4.78, 5) is 15.6. The van der Waals surface area contributed by atoms with E-state index in [-0.39, 0.29) is 6.09 Å². The molecule has 68 valence electrons. The first-order chi connectivity index (χ1) is 5.72. The van der Waals surface area contributed by atoms with Crippen molar-refractivity contribution in [1.82, 2.24) is 4.90 Å². The Morgan fingerprint density at radius 2 is 2.33 bits per heavy atom. The number of carbonyl (C=O) groups excluding carboxylic acids is 1. The van der Waals surface area contributed by atoms with Crippen molar-refractivity contribution in [3.05, 3.63) is 11.4 Å². The van der Waals surface area contributed by atoms with E-state index < -0.39 is 0 Å². The molecule has 0 aliphatic rings. The summed E-state index contributed by atoms with van der Waals surface area (Å²) in [5, 5.41) is 0. The van der Waals surface area contributed by atoms with E-state index in [1.807, 2.05) is 0 Å². The van der Waals surface area contributed by atoms with E-state index in [1.165, 1.54) is 4.90 Å². The molecule has 0 fully saturated rings. The fourth-order valence-electron chi connectivity index (χ4n) is 0.712. The van der Waals surface area contributed by atoms with Crippen molar-refractivity contribution < 1.29 is 9.53 Å². The molecule has 0 heterocycles. The lowest BCUT2D eigenvalue weighted by Crippen LogP contribution is -2.28. The van der Waals surface area contributed by atoms with Crippen LogP contribution in [-0.2, 0) is 4.74 Å². The lowest BCUT2D eigenvalue weighted by Gasteiger charge is -2.14. The third kappa shape index (κ3) is 4.56. The Morgan fingerprint density at radius 1 is 1.67 bits per heavy atom. The molecule has 0 aliphatic heterocycles.